The third kappa shape index (κ3) is 5.53. The van der Waals surface area contributed by atoms with Crippen molar-refractivity contribution in [3.05, 3.63) is 98.5 Å². The first kappa shape index (κ1) is 24.6. The summed E-state index contributed by atoms with van der Waals surface area (Å²) >= 11 is 1.87. The van der Waals surface area contributed by atoms with Crippen molar-refractivity contribution in [3.8, 4) is 0 Å². The Labute approximate surface area is 198 Å². The molecule has 5 heteroatoms. The number of aryl methyl sites for hydroxylation is 1. The van der Waals surface area contributed by atoms with Crippen LogP contribution < -0.4 is 24.8 Å². The van der Waals surface area contributed by atoms with Gasteiger partial charge in [-0.2, -0.15) is 5.56 Å². The summed E-state index contributed by atoms with van der Waals surface area (Å²) in [5.41, 5.74) is 4.11. The molecule has 0 saturated heterocycles. The van der Waals surface area contributed by atoms with Gasteiger partial charge in [-0.05, 0) is 53.9 Å². The SMILES string of the molecule is CC1=PC2=CC=CC2=C1.Cc1ccc(C2[C-]=Cc3ccccc32)s1.[Cl-].[Cl-].[Zr+3]. The summed E-state index contributed by atoms with van der Waals surface area (Å²) in [4.78, 5) is 2.77. The average Bonchev–Trinajstić information content (AvgIpc) is 3.30. The molecule has 2 aromatic rings. The van der Waals surface area contributed by atoms with E-state index in [1.165, 1.54) is 45.3 Å². The van der Waals surface area contributed by atoms with Gasteiger partial charge in [0.2, 0.25) is 0 Å². The number of hydrogen-bond acceptors (Lipinski definition) is 1. The van der Waals surface area contributed by atoms with E-state index < -0.39 is 0 Å². The number of thiophene rings is 1. The Morgan fingerprint density at radius 3 is 2.52 bits per heavy atom. The summed E-state index contributed by atoms with van der Waals surface area (Å²) in [6.07, 6.45) is 14.3. The second-order valence-electron chi connectivity index (χ2n) is 6.09. The third-order valence-corrected chi connectivity index (χ3v) is 6.44. The monoisotopic (exact) mass is 505 g/mol. The predicted octanol–water partition coefficient (Wildman–Crippen LogP) is 0.543. The van der Waals surface area contributed by atoms with E-state index in [0.29, 0.717) is 5.92 Å². The van der Waals surface area contributed by atoms with E-state index >= 15 is 0 Å². The quantitative estimate of drug-likeness (QED) is 0.391. The van der Waals surface area contributed by atoms with Crippen LogP contribution in [0.4, 0.5) is 0 Å². The molecule has 0 fully saturated rings. The molecule has 1 unspecified atom stereocenters. The number of rotatable bonds is 1. The van der Waals surface area contributed by atoms with Gasteiger partial charge in [0.25, 0.3) is 0 Å². The minimum Gasteiger partial charge on any atom is -1.00 e. The molecular formula is C22H18Cl2PSZr. The fourth-order valence-corrected chi connectivity index (χ4v) is 5.08. The van der Waals surface area contributed by atoms with Gasteiger partial charge in [-0.1, -0.05) is 44.5 Å². The number of allylic oxidation sites excluding steroid dienone is 7. The Morgan fingerprint density at radius 1 is 1.04 bits per heavy atom. The smallest absolute Gasteiger partial charge is 1.00 e. The Kier molecular flexibility index (Phi) is 9.91. The number of fused-ring (bicyclic) bond motifs is 2. The van der Waals surface area contributed by atoms with Crippen LogP contribution in [0.5, 0.6) is 0 Å². The molecular weight excluding hydrogens is 489 g/mol. The molecule has 0 bridgehead atoms. The van der Waals surface area contributed by atoms with Crippen LogP contribution in [-0.2, 0) is 26.2 Å². The van der Waals surface area contributed by atoms with Crippen molar-refractivity contribution in [2.75, 3.05) is 0 Å². The van der Waals surface area contributed by atoms with Gasteiger partial charge in [0, 0.05) is 10.2 Å². The molecule has 135 valence electrons. The van der Waals surface area contributed by atoms with E-state index in [2.05, 4.69) is 86.7 Å². The summed E-state index contributed by atoms with van der Waals surface area (Å²) in [6, 6.07) is 12.9. The second-order valence-corrected chi connectivity index (χ2v) is 8.82. The van der Waals surface area contributed by atoms with Crippen molar-refractivity contribution in [1.82, 2.24) is 0 Å². The largest absolute Gasteiger partial charge is 3.00 e. The van der Waals surface area contributed by atoms with E-state index in [-0.39, 0.29) is 51.0 Å². The van der Waals surface area contributed by atoms with Crippen molar-refractivity contribution >= 4 is 30.9 Å². The molecule has 1 aromatic heterocycles. The predicted molar refractivity (Wildman–Crippen MR) is 108 cm³/mol. The van der Waals surface area contributed by atoms with Crippen LogP contribution in [0.15, 0.2) is 71.6 Å². The molecule has 0 N–H and O–H groups in total. The van der Waals surface area contributed by atoms with E-state index in [1.807, 2.05) is 11.3 Å². The maximum absolute atomic E-state index is 3.44. The summed E-state index contributed by atoms with van der Waals surface area (Å²) < 4.78 is 0. The summed E-state index contributed by atoms with van der Waals surface area (Å²) in [5.74, 6) is 0.361. The van der Waals surface area contributed by atoms with Crippen LogP contribution in [0.1, 0.15) is 33.7 Å². The van der Waals surface area contributed by atoms with Crippen molar-refractivity contribution in [1.29, 1.82) is 0 Å². The van der Waals surface area contributed by atoms with Crippen LogP contribution >= 0.6 is 19.5 Å². The molecule has 0 nitrogen and oxygen atoms in total. The van der Waals surface area contributed by atoms with E-state index in [4.69, 9.17) is 0 Å². The Balaban J connectivity index is 0.000000266. The maximum Gasteiger partial charge on any atom is 3.00 e. The van der Waals surface area contributed by atoms with Gasteiger partial charge in [0.1, 0.15) is 0 Å². The molecule has 1 aromatic carbocycles. The van der Waals surface area contributed by atoms with Crippen molar-refractivity contribution in [2.24, 2.45) is 0 Å². The molecule has 27 heavy (non-hydrogen) atoms. The summed E-state index contributed by atoms with van der Waals surface area (Å²) in [7, 11) is 1.40. The van der Waals surface area contributed by atoms with Crippen LogP contribution in [-0.4, -0.2) is 5.29 Å². The molecule has 0 saturated carbocycles. The molecule has 2 aliphatic carbocycles. The zero-order valence-corrected chi connectivity index (χ0v) is 20.7. The Bertz CT molecular complexity index is 951. The number of hydrogen-bond donors (Lipinski definition) is 0. The summed E-state index contributed by atoms with van der Waals surface area (Å²) in [5, 5.41) is 2.92. The third-order valence-electron chi connectivity index (χ3n) is 4.25. The molecule has 1 radical (unpaired) electrons. The molecule has 1 aliphatic heterocycles. The van der Waals surface area contributed by atoms with Gasteiger partial charge in [0.15, 0.2) is 0 Å². The van der Waals surface area contributed by atoms with Gasteiger partial charge in [-0.25, -0.2) is 6.08 Å². The normalized spacial score (nSPS) is 17.7. The van der Waals surface area contributed by atoms with Crippen molar-refractivity contribution in [2.45, 2.75) is 19.8 Å². The van der Waals surface area contributed by atoms with E-state index in [9.17, 15) is 0 Å². The molecule has 3 aliphatic rings. The minimum absolute atomic E-state index is 0. The van der Waals surface area contributed by atoms with Crippen LogP contribution in [0, 0.1) is 13.0 Å². The first-order chi connectivity index (χ1) is 11.7. The fourth-order valence-electron chi connectivity index (χ4n) is 3.11. The maximum atomic E-state index is 3.44. The standard InChI is InChI=1S/C14H11S.C8H7P.2ClH.Zr/c1-10-6-9-14(15-10)13-8-7-11-4-2-3-5-12(11)13;1-6-5-7-3-2-4-8(7)9-6;;;/h2-7,9,13H,1H3;2-5H,1H3;2*1H;/q-1;;;;+3/p-2. The zero-order chi connectivity index (χ0) is 16.5. The number of benzene rings is 1. The molecule has 0 spiro atoms. The van der Waals surface area contributed by atoms with Gasteiger partial charge in [0.05, 0.1) is 0 Å². The van der Waals surface area contributed by atoms with Crippen LogP contribution in [0.25, 0.3) is 6.08 Å². The van der Waals surface area contributed by atoms with Crippen molar-refractivity contribution in [3.63, 3.8) is 0 Å². The minimum atomic E-state index is 0. The van der Waals surface area contributed by atoms with Gasteiger partial charge < -0.3 is 24.8 Å². The van der Waals surface area contributed by atoms with Gasteiger partial charge >= 0.3 is 26.2 Å². The topological polar surface area (TPSA) is 0 Å². The fraction of sp³-hybridized carbons (Fsp3) is 0.136. The molecule has 0 amide bonds. The van der Waals surface area contributed by atoms with E-state index in [0.717, 1.165) is 0 Å². The zero-order valence-electron chi connectivity index (χ0n) is 15.0. The Morgan fingerprint density at radius 2 is 1.81 bits per heavy atom. The first-order valence-corrected chi connectivity index (χ1v) is 9.82. The Hall–Kier alpha value is -0.487. The molecule has 5 rings (SSSR count). The summed E-state index contributed by atoms with van der Waals surface area (Å²) in [6.45, 7) is 4.32. The van der Waals surface area contributed by atoms with Gasteiger partial charge in [-0.15, -0.1) is 23.0 Å². The van der Waals surface area contributed by atoms with Crippen molar-refractivity contribution < 1.29 is 51.0 Å². The molecule has 2 heterocycles. The number of halogens is 2. The van der Waals surface area contributed by atoms with Gasteiger partial charge in [-0.3, -0.25) is 6.08 Å². The second kappa shape index (κ2) is 10.9. The van der Waals surface area contributed by atoms with E-state index in [1.54, 1.807) is 0 Å². The molecule has 1 atom stereocenters. The van der Waals surface area contributed by atoms with Crippen LogP contribution in [0.2, 0.25) is 0 Å². The average molecular weight is 508 g/mol. The van der Waals surface area contributed by atoms with Crippen LogP contribution in [0.3, 0.4) is 0 Å². The first-order valence-electron chi connectivity index (χ1n) is 8.11.